The molecule has 4 aromatic carbocycles. The SMILES string of the molecule is [2H]c1c(C)c([2H])c2c(=O)c([2H])c(SC([2H])([2H])c3cccc(F)c3F)n(CC(=O)N(Cc3ccc(-c4ccc(C(F)(F)F)cc4)cc3)C3([2H])C([2H])([2H])C([2H])([2H])N(C([2H])([2H])C([2H])([2H])OC)C([2H])([2H])C3([2H])[2H])c2c1[2H]. The molecule has 0 spiro atoms. The standard InChI is InChI=1S/C41H40F5N3O3S/c1-27-6-15-36-34(22-27)37(50)23-39(53-26-31-4-3-5-35(42)40(31)43)49(36)25-38(51)48(33-16-18-47(19-17-33)20-21-52-2)24-28-7-9-29(10-8-28)30-11-13-32(14-12-30)41(44,45)46/h3-15,22-23,33H,16-21,24-26H2,1-2H3/i6D,15D,16D2,17D2,18D2,19D2,20D2,21D2,22D,23D,26D2,33D. The second kappa shape index (κ2) is 16.7. The highest BCUT2D eigenvalue weighted by Crippen LogP contribution is 2.32. The number of fused-ring (bicyclic) bond motifs is 1. The molecule has 0 atom stereocenters. The van der Waals surface area contributed by atoms with E-state index in [1.54, 1.807) is 0 Å². The van der Waals surface area contributed by atoms with Crippen LogP contribution in [0.4, 0.5) is 22.0 Å². The van der Waals surface area contributed by atoms with Crippen LogP contribution in [0.3, 0.4) is 0 Å². The molecule has 278 valence electrons. The molecule has 1 aromatic heterocycles. The van der Waals surface area contributed by atoms with Crippen LogP contribution in [0.2, 0.25) is 0 Å². The normalized spacial score (nSPS) is 24.6. The van der Waals surface area contributed by atoms with Crippen LogP contribution >= 0.6 is 11.8 Å². The quantitative estimate of drug-likeness (QED) is 0.0940. The Kier molecular flexibility index (Phi) is 6.54. The van der Waals surface area contributed by atoms with Crippen molar-refractivity contribution in [2.24, 2.45) is 0 Å². The van der Waals surface area contributed by atoms with Crippen LogP contribution in [0.15, 0.2) is 101 Å². The van der Waals surface area contributed by atoms with Crippen molar-refractivity contribution in [3.63, 3.8) is 0 Å². The zero-order valence-corrected chi connectivity index (χ0v) is 28.4. The Hall–Kier alpha value is -4.52. The summed E-state index contributed by atoms with van der Waals surface area (Å²) in [6.45, 7) is -18.4. The molecule has 6 nitrogen and oxygen atoms in total. The molecule has 0 unspecified atom stereocenters. The van der Waals surface area contributed by atoms with Gasteiger partial charge in [0, 0.05) is 78.3 Å². The molecule has 0 bridgehead atoms. The lowest BCUT2D eigenvalue weighted by Gasteiger charge is -2.39. The Morgan fingerprint density at radius 3 is 2.38 bits per heavy atom. The Labute approximate surface area is 335 Å². The largest absolute Gasteiger partial charge is 0.416 e. The van der Waals surface area contributed by atoms with Crippen LogP contribution in [0.5, 0.6) is 0 Å². The minimum atomic E-state index is -4.69. The maximum Gasteiger partial charge on any atom is 0.416 e. The number of methoxy groups -OCH3 is 1. The third-order valence-electron chi connectivity index (χ3n) is 7.63. The van der Waals surface area contributed by atoms with Gasteiger partial charge in [-0.15, -0.1) is 11.8 Å². The van der Waals surface area contributed by atoms with E-state index in [0.29, 0.717) is 17.7 Å². The molecule has 53 heavy (non-hydrogen) atoms. The second-order valence-corrected chi connectivity index (χ2v) is 12.0. The summed E-state index contributed by atoms with van der Waals surface area (Å²) in [5.74, 6) is -5.08. The molecule has 5 aromatic rings. The molecular weight excluding hydrogens is 710 g/mol. The van der Waals surface area contributed by atoms with Gasteiger partial charge in [-0.05, 0) is 66.6 Å². The number of likely N-dealkylation sites (tertiary alicyclic amines) is 1. The molecule has 1 amide bonds. The molecule has 0 aliphatic carbocycles. The van der Waals surface area contributed by atoms with Gasteiger partial charge in [0.1, 0.15) is 6.54 Å². The molecule has 1 aliphatic heterocycles. The van der Waals surface area contributed by atoms with Crippen molar-refractivity contribution >= 4 is 28.6 Å². The summed E-state index contributed by atoms with van der Waals surface area (Å²) < 4.78 is 244. The number of pyridine rings is 1. The molecule has 6 rings (SSSR count). The maximum absolute atomic E-state index is 15.4. The third-order valence-corrected chi connectivity index (χ3v) is 8.46. The second-order valence-electron chi connectivity index (χ2n) is 11.2. The molecule has 0 radical (unpaired) electrons. The fraction of sp³-hybridized carbons (Fsp3) is 0.317. The number of amides is 1. The van der Waals surface area contributed by atoms with Crippen molar-refractivity contribution in [1.29, 1.82) is 0 Å². The number of nitrogens with zero attached hydrogens (tertiary/aromatic N) is 3. The lowest BCUT2D eigenvalue weighted by molar-refractivity contribution is -0.137. The molecular formula is C41H40F5N3O3S. The summed E-state index contributed by atoms with van der Waals surface area (Å²) in [6, 6.07) is 2.84. The minimum Gasteiger partial charge on any atom is -0.383 e. The average molecular weight is 769 g/mol. The first-order valence-corrected chi connectivity index (χ1v) is 16.2. The summed E-state index contributed by atoms with van der Waals surface area (Å²) in [5.41, 5.74) is -7.59. The molecule has 1 saturated heterocycles. The van der Waals surface area contributed by atoms with Gasteiger partial charge in [0.25, 0.3) is 0 Å². The number of hydrogen-bond acceptors (Lipinski definition) is 5. The van der Waals surface area contributed by atoms with Gasteiger partial charge in [-0.1, -0.05) is 60.1 Å². The van der Waals surface area contributed by atoms with E-state index in [2.05, 4.69) is 4.74 Å². The van der Waals surface area contributed by atoms with E-state index in [1.165, 1.54) is 12.1 Å². The van der Waals surface area contributed by atoms with Crippen molar-refractivity contribution in [1.82, 2.24) is 14.4 Å². The number of rotatable bonds is 12. The first-order chi connectivity index (χ1) is 32.7. The van der Waals surface area contributed by atoms with Gasteiger partial charge in [-0.3, -0.25) is 9.59 Å². The average Bonchev–Trinajstić information content (AvgIpc) is 3.28. The fourth-order valence-electron chi connectivity index (χ4n) is 5.01. The number of hydrogen-bond donors (Lipinski definition) is 0. The smallest absolute Gasteiger partial charge is 0.383 e. The van der Waals surface area contributed by atoms with Crippen LogP contribution in [0.1, 0.15) is 61.0 Å². The number of alkyl halides is 3. The van der Waals surface area contributed by atoms with Crippen molar-refractivity contribution < 1.29 is 57.5 Å². The van der Waals surface area contributed by atoms with E-state index in [-0.39, 0.29) is 38.9 Å². The summed E-state index contributed by atoms with van der Waals surface area (Å²) >= 11 is -0.218. The van der Waals surface area contributed by atoms with E-state index >= 15 is 9.18 Å². The summed E-state index contributed by atoms with van der Waals surface area (Å²) in [6.07, 6.45) is -13.5. The van der Waals surface area contributed by atoms with Crippen LogP contribution in [-0.2, 0) is 34.5 Å². The van der Waals surface area contributed by atoms with Crippen molar-refractivity contribution in [2.45, 2.75) is 55.7 Å². The van der Waals surface area contributed by atoms with Gasteiger partial charge in [-0.25, -0.2) is 8.78 Å². The van der Waals surface area contributed by atoms with Gasteiger partial charge in [0.15, 0.2) is 17.1 Å². The van der Waals surface area contributed by atoms with Crippen LogP contribution in [0, 0.1) is 18.6 Å². The summed E-state index contributed by atoms with van der Waals surface area (Å²) in [7, 11) is 0.584. The number of carbonyl (C=O) groups is 1. The van der Waals surface area contributed by atoms with Crippen molar-refractivity contribution in [2.75, 3.05) is 33.2 Å². The zero-order chi connectivity index (χ0) is 54.7. The monoisotopic (exact) mass is 768 g/mol. The molecule has 0 N–H and O–H groups in total. The van der Waals surface area contributed by atoms with Gasteiger partial charge in [0.2, 0.25) is 5.91 Å². The predicted molar refractivity (Wildman–Crippen MR) is 198 cm³/mol. The van der Waals surface area contributed by atoms with Crippen molar-refractivity contribution in [3.8, 4) is 11.1 Å². The third kappa shape index (κ3) is 9.17. The maximum atomic E-state index is 15.4. The highest BCUT2D eigenvalue weighted by Gasteiger charge is 2.31. The van der Waals surface area contributed by atoms with E-state index in [9.17, 15) is 29.2 Å². The number of benzene rings is 4. The topological polar surface area (TPSA) is 54.8 Å². The lowest BCUT2D eigenvalue weighted by atomic mass is 10.00. The van der Waals surface area contributed by atoms with E-state index in [1.807, 2.05) is 0 Å². The minimum absolute atomic E-state index is 0.0580. The first kappa shape index (κ1) is 20.8. The van der Waals surface area contributed by atoms with Crippen LogP contribution in [0.25, 0.3) is 22.0 Å². The Bertz CT molecular complexity index is 3010. The molecule has 12 heteroatoms. The lowest BCUT2D eigenvalue weighted by Crippen LogP contribution is -2.48. The number of carbonyl (C=O) groups excluding carboxylic acids is 1. The Morgan fingerprint density at radius 1 is 1.04 bits per heavy atom. The van der Waals surface area contributed by atoms with Gasteiger partial charge in [-0.2, -0.15) is 13.2 Å². The number of ether oxygens (including phenoxy) is 1. The van der Waals surface area contributed by atoms with E-state index in [0.717, 1.165) is 55.5 Å². The Balaban J connectivity index is 1.65. The highest BCUT2D eigenvalue weighted by molar-refractivity contribution is 7.98. The van der Waals surface area contributed by atoms with Gasteiger partial charge in [0.05, 0.1) is 32.3 Å². The van der Waals surface area contributed by atoms with E-state index in [4.69, 9.17) is 19.2 Å². The number of aromatic nitrogens is 1. The zero-order valence-electron chi connectivity index (χ0n) is 46.6. The molecule has 0 saturated carbocycles. The number of piperidine rings is 1. The fourth-order valence-corrected chi connectivity index (χ4v) is 5.79. The van der Waals surface area contributed by atoms with Gasteiger partial charge < -0.3 is 19.1 Å². The number of halogens is 5. The predicted octanol–water partition coefficient (Wildman–Crippen LogP) is 8.71. The highest BCUT2D eigenvalue weighted by atomic mass is 32.2. The molecule has 2 heterocycles. The molecule has 1 fully saturated rings. The summed E-state index contributed by atoms with van der Waals surface area (Å²) in [5, 5.41) is -1.84. The number of thioether (sulfide) groups is 1. The van der Waals surface area contributed by atoms with Crippen LogP contribution < -0.4 is 5.43 Å². The Morgan fingerprint density at radius 2 is 1.72 bits per heavy atom. The van der Waals surface area contributed by atoms with Gasteiger partial charge >= 0.3 is 6.18 Å². The van der Waals surface area contributed by atoms with Crippen molar-refractivity contribution in [3.05, 3.63) is 135 Å². The van der Waals surface area contributed by atoms with Crippen LogP contribution in [-0.4, -0.2) is 59.5 Å². The molecule has 1 aliphatic rings. The first-order valence-electron chi connectivity index (χ1n) is 24.9. The summed E-state index contributed by atoms with van der Waals surface area (Å²) in [4.78, 5) is 28.6. The van der Waals surface area contributed by atoms with E-state index < -0.39 is 149 Å².